The fourth-order valence-corrected chi connectivity index (χ4v) is 2.23. The zero-order valence-corrected chi connectivity index (χ0v) is 6.64. The molecule has 12 heavy (non-hydrogen) atoms. The average molecular weight is 172 g/mol. The Bertz CT molecular complexity index is 203. The summed E-state index contributed by atoms with van der Waals surface area (Å²) < 4.78 is 4.98. The number of carbonyl (C=O) groups is 1. The first kappa shape index (κ1) is 8.01. The van der Waals surface area contributed by atoms with E-state index < -0.39 is 6.10 Å². The molecular weight excluding hydrogens is 160 g/mol. The molecule has 4 nitrogen and oxygen atoms in total. The lowest BCUT2D eigenvalue weighted by molar-refractivity contribution is -0.141. The number of rotatable bonds is 1. The van der Waals surface area contributed by atoms with Gasteiger partial charge in [-0.2, -0.15) is 0 Å². The molecule has 0 aromatic carbocycles. The van der Waals surface area contributed by atoms with E-state index in [1.54, 1.807) is 0 Å². The summed E-state index contributed by atoms with van der Waals surface area (Å²) in [4.78, 5) is 10.8. The van der Waals surface area contributed by atoms with E-state index in [1.165, 1.54) is 0 Å². The maximum Gasteiger partial charge on any atom is 0.306 e. The van der Waals surface area contributed by atoms with Crippen LogP contribution in [-0.2, 0) is 9.53 Å². The molecule has 0 spiro atoms. The Balaban J connectivity index is 2.11. The van der Waals surface area contributed by atoms with Crippen molar-refractivity contribution in [3.63, 3.8) is 0 Å². The van der Waals surface area contributed by atoms with Crippen LogP contribution in [0.25, 0.3) is 0 Å². The highest BCUT2D eigenvalue weighted by Crippen LogP contribution is 2.40. The minimum absolute atomic E-state index is 0.0394. The number of esters is 1. The Morgan fingerprint density at radius 1 is 1.58 bits per heavy atom. The first-order chi connectivity index (χ1) is 5.72. The minimum Gasteiger partial charge on any atom is -0.462 e. The predicted molar refractivity (Wildman–Crippen MR) is 39.2 cm³/mol. The summed E-state index contributed by atoms with van der Waals surface area (Å²) in [7, 11) is 0. The third-order valence-corrected chi connectivity index (χ3v) is 2.89. The van der Waals surface area contributed by atoms with Gasteiger partial charge in [-0.25, -0.2) is 0 Å². The van der Waals surface area contributed by atoms with E-state index in [1.807, 2.05) is 0 Å². The Hall–Kier alpha value is -0.610. The summed E-state index contributed by atoms with van der Waals surface area (Å²) in [5.74, 6) is -0.325. The van der Waals surface area contributed by atoms with E-state index in [9.17, 15) is 9.90 Å². The molecule has 2 unspecified atom stereocenters. The number of carbonyl (C=O) groups excluding carboxylic acids is 1. The number of ether oxygens (including phenoxy) is 1. The second-order valence-corrected chi connectivity index (χ2v) is 3.55. The molecule has 0 bridgehead atoms. The standard InChI is InChI=1S/C8H12O4/c9-3-5-4-1-8(11)12-7(4)2-6(5)10/h4-7,9-10H,1-3H2/t4-,5?,6?,7+/m0/s1. The van der Waals surface area contributed by atoms with Gasteiger partial charge in [0.2, 0.25) is 0 Å². The van der Waals surface area contributed by atoms with Crippen molar-refractivity contribution >= 4 is 5.97 Å². The fourth-order valence-electron chi connectivity index (χ4n) is 2.23. The summed E-state index contributed by atoms with van der Waals surface area (Å²) in [6.07, 6.45) is 0.192. The second-order valence-electron chi connectivity index (χ2n) is 3.55. The zero-order valence-electron chi connectivity index (χ0n) is 6.64. The highest BCUT2D eigenvalue weighted by Gasteiger charge is 2.49. The van der Waals surface area contributed by atoms with Gasteiger partial charge in [0, 0.05) is 24.9 Å². The van der Waals surface area contributed by atoms with Gasteiger partial charge in [0.15, 0.2) is 0 Å². The van der Waals surface area contributed by atoms with E-state index in [2.05, 4.69) is 0 Å². The van der Waals surface area contributed by atoms with Gasteiger partial charge >= 0.3 is 5.97 Å². The molecule has 1 aliphatic heterocycles. The van der Waals surface area contributed by atoms with Crippen LogP contribution in [-0.4, -0.2) is 35.0 Å². The van der Waals surface area contributed by atoms with Crippen LogP contribution in [0.4, 0.5) is 0 Å². The molecule has 0 aromatic heterocycles. The van der Waals surface area contributed by atoms with Crippen LogP contribution in [0.3, 0.4) is 0 Å². The molecule has 0 amide bonds. The topological polar surface area (TPSA) is 66.8 Å². The Morgan fingerprint density at radius 3 is 3.00 bits per heavy atom. The van der Waals surface area contributed by atoms with E-state index in [0.29, 0.717) is 12.8 Å². The lowest BCUT2D eigenvalue weighted by Gasteiger charge is -2.14. The van der Waals surface area contributed by atoms with E-state index in [0.717, 1.165) is 0 Å². The molecule has 4 heteroatoms. The highest BCUT2D eigenvalue weighted by atomic mass is 16.6. The van der Waals surface area contributed by atoms with Gasteiger partial charge in [0.25, 0.3) is 0 Å². The molecule has 2 aliphatic rings. The molecule has 1 saturated heterocycles. The number of fused-ring (bicyclic) bond motifs is 1. The highest BCUT2D eigenvalue weighted by molar-refractivity contribution is 5.72. The van der Waals surface area contributed by atoms with Crippen LogP contribution in [0, 0.1) is 11.8 Å². The van der Waals surface area contributed by atoms with Crippen molar-refractivity contribution in [2.24, 2.45) is 11.8 Å². The Kier molecular flexibility index (Phi) is 1.81. The molecule has 4 atom stereocenters. The SMILES string of the molecule is O=C1C[C@H]2C(CO)C(O)C[C@H]2O1. The smallest absolute Gasteiger partial charge is 0.306 e. The van der Waals surface area contributed by atoms with Crippen molar-refractivity contribution in [2.75, 3.05) is 6.61 Å². The van der Waals surface area contributed by atoms with Crippen molar-refractivity contribution < 1.29 is 19.7 Å². The molecule has 2 rings (SSSR count). The molecule has 1 saturated carbocycles. The lowest BCUT2D eigenvalue weighted by atomic mass is 9.93. The molecular formula is C8H12O4. The minimum atomic E-state index is -0.502. The maximum atomic E-state index is 10.8. The molecule has 1 heterocycles. The zero-order chi connectivity index (χ0) is 8.72. The van der Waals surface area contributed by atoms with Crippen LogP contribution in [0.1, 0.15) is 12.8 Å². The first-order valence-corrected chi connectivity index (χ1v) is 4.20. The summed E-state index contributed by atoms with van der Waals surface area (Å²) in [5, 5.41) is 18.4. The number of aliphatic hydroxyl groups is 2. The van der Waals surface area contributed by atoms with Crippen LogP contribution < -0.4 is 0 Å². The predicted octanol–water partition coefficient (Wildman–Crippen LogP) is -0.709. The fraction of sp³-hybridized carbons (Fsp3) is 0.875. The van der Waals surface area contributed by atoms with Gasteiger partial charge in [-0.15, -0.1) is 0 Å². The van der Waals surface area contributed by atoms with Gasteiger partial charge in [0.1, 0.15) is 6.10 Å². The number of aliphatic hydroxyl groups excluding tert-OH is 2. The van der Waals surface area contributed by atoms with E-state index >= 15 is 0 Å². The third-order valence-electron chi connectivity index (χ3n) is 2.89. The van der Waals surface area contributed by atoms with Crippen molar-refractivity contribution in [1.29, 1.82) is 0 Å². The Morgan fingerprint density at radius 2 is 2.33 bits per heavy atom. The van der Waals surface area contributed by atoms with E-state index in [4.69, 9.17) is 9.84 Å². The molecule has 0 aromatic rings. The van der Waals surface area contributed by atoms with Crippen molar-refractivity contribution in [3.8, 4) is 0 Å². The molecule has 1 aliphatic carbocycles. The largest absolute Gasteiger partial charge is 0.462 e. The van der Waals surface area contributed by atoms with Crippen molar-refractivity contribution in [2.45, 2.75) is 25.0 Å². The summed E-state index contributed by atoms with van der Waals surface area (Å²) in [6.45, 7) is -0.0566. The van der Waals surface area contributed by atoms with Crippen LogP contribution in [0.15, 0.2) is 0 Å². The van der Waals surface area contributed by atoms with Gasteiger partial charge in [-0.3, -0.25) is 4.79 Å². The summed E-state index contributed by atoms with van der Waals surface area (Å²) in [6, 6.07) is 0. The number of hydrogen-bond acceptors (Lipinski definition) is 4. The molecule has 2 fully saturated rings. The number of hydrogen-bond donors (Lipinski definition) is 2. The average Bonchev–Trinajstić information content (AvgIpc) is 2.43. The van der Waals surface area contributed by atoms with Gasteiger partial charge in [0.05, 0.1) is 12.5 Å². The molecule has 2 N–H and O–H groups in total. The van der Waals surface area contributed by atoms with Crippen LogP contribution >= 0.6 is 0 Å². The monoisotopic (exact) mass is 172 g/mol. The second kappa shape index (κ2) is 2.71. The van der Waals surface area contributed by atoms with Gasteiger partial charge in [-0.1, -0.05) is 0 Å². The first-order valence-electron chi connectivity index (χ1n) is 4.20. The van der Waals surface area contributed by atoms with Crippen molar-refractivity contribution in [1.82, 2.24) is 0 Å². The lowest BCUT2D eigenvalue weighted by Crippen LogP contribution is -2.23. The van der Waals surface area contributed by atoms with Crippen LogP contribution in [0.2, 0.25) is 0 Å². The van der Waals surface area contributed by atoms with E-state index in [-0.39, 0.29) is 30.5 Å². The van der Waals surface area contributed by atoms with Gasteiger partial charge < -0.3 is 14.9 Å². The molecule has 68 valence electrons. The quantitative estimate of drug-likeness (QED) is 0.513. The third kappa shape index (κ3) is 1.03. The maximum absolute atomic E-state index is 10.8. The molecule has 0 radical (unpaired) electrons. The van der Waals surface area contributed by atoms with Gasteiger partial charge in [-0.05, 0) is 0 Å². The van der Waals surface area contributed by atoms with Crippen molar-refractivity contribution in [3.05, 3.63) is 0 Å². The summed E-state index contributed by atoms with van der Waals surface area (Å²) >= 11 is 0. The Labute approximate surface area is 70.1 Å². The normalized spacial score (nSPS) is 46.0. The van der Waals surface area contributed by atoms with Crippen LogP contribution in [0.5, 0.6) is 0 Å². The summed E-state index contributed by atoms with van der Waals surface area (Å²) in [5.41, 5.74) is 0.